The lowest BCUT2D eigenvalue weighted by molar-refractivity contribution is -0.136. The van der Waals surface area contributed by atoms with Crippen LogP contribution in [0.4, 0.5) is 0 Å². The maximum atomic E-state index is 11.5. The molecule has 100 valence electrons. The summed E-state index contributed by atoms with van der Waals surface area (Å²) < 4.78 is 25.4. The Balaban J connectivity index is 2.47. The van der Waals surface area contributed by atoms with Crippen LogP contribution in [0.3, 0.4) is 0 Å². The predicted molar refractivity (Wildman–Crippen MR) is 68.9 cm³/mol. The Hall–Kier alpha value is -1.40. The van der Waals surface area contributed by atoms with Gasteiger partial charge in [-0.1, -0.05) is 37.3 Å². The van der Waals surface area contributed by atoms with Crippen LogP contribution in [-0.4, -0.2) is 31.8 Å². The minimum atomic E-state index is -3.51. The molecule has 0 fully saturated rings. The third kappa shape index (κ3) is 5.29. The molecule has 18 heavy (non-hydrogen) atoms. The number of benzene rings is 1. The minimum Gasteiger partial charge on any atom is -0.481 e. The van der Waals surface area contributed by atoms with E-state index in [-0.39, 0.29) is 24.6 Å². The summed E-state index contributed by atoms with van der Waals surface area (Å²) in [6, 6.07) is 9.54. The molecule has 0 aromatic heterocycles. The van der Waals surface area contributed by atoms with E-state index in [1.54, 1.807) is 0 Å². The molecule has 0 spiro atoms. The average Bonchev–Trinajstić information content (AvgIpc) is 2.35. The predicted octanol–water partition coefficient (Wildman–Crippen LogP) is 1.18. The summed E-state index contributed by atoms with van der Waals surface area (Å²) in [7, 11) is -3.51. The fraction of sp³-hybridized carbons (Fsp3) is 0.417. The van der Waals surface area contributed by atoms with Crippen LogP contribution in [0.1, 0.15) is 24.8 Å². The van der Waals surface area contributed by atoms with Crippen LogP contribution in [0.2, 0.25) is 0 Å². The fourth-order valence-electron chi connectivity index (χ4n) is 1.45. The first-order valence-corrected chi connectivity index (χ1v) is 7.30. The Morgan fingerprint density at radius 3 is 2.50 bits per heavy atom. The van der Waals surface area contributed by atoms with Gasteiger partial charge in [0.1, 0.15) is 0 Å². The van der Waals surface area contributed by atoms with E-state index in [0.717, 1.165) is 5.56 Å². The van der Waals surface area contributed by atoms with E-state index in [1.165, 1.54) is 0 Å². The monoisotopic (exact) mass is 271 g/mol. The van der Waals surface area contributed by atoms with E-state index in [9.17, 15) is 13.2 Å². The highest BCUT2D eigenvalue weighted by Gasteiger charge is 2.14. The van der Waals surface area contributed by atoms with Gasteiger partial charge in [-0.15, -0.1) is 0 Å². The number of nitrogens with one attached hydrogen (secondary N) is 1. The van der Waals surface area contributed by atoms with E-state index < -0.39 is 16.0 Å². The van der Waals surface area contributed by atoms with Crippen molar-refractivity contribution in [3.63, 3.8) is 0 Å². The molecule has 0 saturated carbocycles. The second kappa shape index (κ2) is 6.51. The highest BCUT2D eigenvalue weighted by Crippen LogP contribution is 2.13. The Bertz CT molecular complexity index is 484. The first-order chi connectivity index (χ1) is 8.41. The molecule has 0 radical (unpaired) electrons. The quantitative estimate of drug-likeness (QED) is 0.780. The lowest BCUT2D eigenvalue weighted by Crippen LogP contribution is -2.30. The number of rotatable bonds is 7. The van der Waals surface area contributed by atoms with Gasteiger partial charge in [0.2, 0.25) is 10.0 Å². The van der Waals surface area contributed by atoms with Crippen LogP contribution >= 0.6 is 0 Å². The van der Waals surface area contributed by atoms with Crippen molar-refractivity contribution in [1.29, 1.82) is 0 Å². The van der Waals surface area contributed by atoms with Crippen molar-refractivity contribution < 1.29 is 18.3 Å². The number of carboxylic acids is 1. The maximum absolute atomic E-state index is 11.5. The normalized spacial score (nSPS) is 13.2. The second-order valence-corrected chi connectivity index (χ2v) is 6.05. The molecule has 5 nitrogen and oxygen atoms in total. The molecule has 0 bridgehead atoms. The van der Waals surface area contributed by atoms with Gasteiger partial charge in [-0.25, -0.2) is 13.1 Å². The second-order valence-electron chi connectivity index (χ2n) is 4.12. The molecule has 1 aromatic rings. The topological polar surface area (TPSA) is 83.5 Å². The van der Waals surface area contributed by atoms with Crippen molar-refractivity contribution in [2.75, 3.05) is 12.3 Å². The molecule has 0 amide bonds. The van der Waals surface area contributed by atoms with Crippen molar-refractivity contribution in [1.82, 2.24) is 4.72 Å². The molecule has 0 aliphatic rings. The maximum Gasteiger partial charge on any atom is 0.304 e. The van der Waals surface area contributed by atoms with Crippen molar-refractivity contribution in [3.05, 3.63) is 35.9 Å². The number of hydrogen-bond acceptors (Lipinski definition) is 3. The molecular formula is C12H17NO4S. The van der Waals surface area contributed by atoms with Crippen molar-refractivity contribution in [2.24, 2.45) is 0 Å². The molecule has 0 aliphatic carbocycles. The van der Waals surface area contributed by atoms with Crippen LogP contribution in [0.25, 0.3) is 0 Å². The lowest BCUT2D eigenvalue weighted by atomic mass is 10.0. The largest absolute Gasteiger partial charge is 0.481 e. The molecule has 1 aromatic carbocycles. The number of carbonyl (C=O) groups is 1. The number of sulfonamides is 1. The Kier molecular flexibility index (Phi) is 5.30. The van der Waals surface area contributed by atoms with Crippen LogP contribution < -0.4 is 4.72 Å². The zero-order valence-electron chi connectivity index (χ0n) is 10.2. The van der Waals surface area contributed by atoms with Crippen LogP contribution in [-0.2, 0) is 14.8 Å². The van der Waals surface area contributed by atoms with Gasteiger partial charge < -0.3 is 5.11 Å². The standard InChI is InChI=1S/C12H17NO4S/c1-10(11-5-3-2-4-6-11)9-13-18(16,17)8-7-12(14)15/h2-6,10,13H,7-9H2,1H3,(H,14,15). The minimum absolute atomic E-state index is 0.0470. The highest BCUT2D eigenvalue weighted by molar-refractivity contribution is 7.89. The van der Waals surface area contributed by atoms with Crippen LogP contribution in [0.5, 0.6) is 0 Å². The lowest BCUT2D eigenvalue weighted by Gasteiger charge is -2.12. The van der Waals surface area contributed by atoms with Crippen molar-refractivity contribution in [2.45, 2.75) is 19.3 Å². The summed E-state index contributed by atoms with van der Waals surface area (Å²) in [6.45, 7) is 2.18. The van der Waals surface area contributed by atoms with Crippen molar-refractivity contribution in [3.8, 4) is 0 Å². The van der Waals surface area contributed by atoms with E-state index in [4.69, 9.17) is 5.11 Å². The molecule has 6 heteroatoms. The van der Waals surface area contributed by atoms with Gasteiger partial charge in [0, 0.05) is 6.54 Å². The first kappa shape index (κ1) is 14.7. The highest BCUT2D eigenvalue weighted by atomic mass is 32.2. The van der Waals surface area contributed by atoms with E-state index in [0.29, 0.717) is 0 Å². The van der Waals surface area contributed by atoms with Crippen molar-refractivity contribution >= 4 is 16.0 Å². The number of aliphatic carboxylic acids is 1. The van der Waals surface area contributed by atoms with Crippen LogP contribution in [0.15, 0.2) is 30.3 Å². The zero-order chi connectivity index (χ0) is 13.6. The van der Waals surface area contributed by atoms with Gasteiger partial charge in [0.15, 0.2) is 0 Å². The number of hydrogen-bond donors (Lipinski definition) is 2. The smallest absolute Gasteiger partial charge is 0.304 e. The average molecular weight is 271 g/mol. The van der Waals surface area contributed by atoms with E-state index in [2.05, 4.69) is 4.72 Å². The van der Waals surface area contributed by atoms with Gasteiger partial charge >= 0.3 is 5.97 Å². The third-order valence-corrected chi connectivity index (χ3v) is 3.91. The molecular weight excluding hydrogens is 254 g/mol. The Morgan fingerprint density at radius 1 is 1.33 bits per heavy atom. The van der Waals surface area contributed by atoms with Gasteiger partial charge in [-0.2, -0.15) is 0 Å². The van der Waals surface area contributed by atoms with Crippen LogP contribution in [0, 0.1) is 0 Å². The summed E-state index contributed by atoms with van der Waals surface area (Å²) in [5.41, 5.74) is 1.04. The van der Waals surface area contributed by atoms with Gasteiger partial charge in [0.25, 0.3) is 0 Å². The Morgan fingerprint density at radius 2 is 1.94 bits per heavy atom. The number of carboxylic acid groups (broad SMARTS) is 1. The fourth-order valence-corrected chi connectivity index (χ4v) is 2.54. The SMILES string of the molecule is CC(CNS(=O)(=O)CCC(=O)O)c1ccccc1. The molecule has 1 rings (SSSR count). The van der Waals surface area contributed by atoms with Gasteiger partial charge in [-0.05, 0) is 11.5 Å². The summed E-state index contributed by atoms with van der Waals surface area (Å²) in [4.78, 5) is 10.3. The zero-order valence-corrected chi connectivity index (χ0v) is 11.0. The van der Waals surface area contributed by atoms with E-state index >= 15 is 0 Å². The van der Waals surface area contributed by atoms with E-state index in [1.807, 2.05) is 37.3 Å². The van der Waals surface area contributed by atoms with Gasteiger partial charge in [0.05, 0.1) is 12.2 Å². The summed E-state index contributed by atoms with van der Waals surface area (Å²) >= 11 is 0. The molecule has 0 heterocycles. The molecule has 0 aliphatic heterocycles. The first-order valence-electron chi connectivity index (χ1n) is 5.65. The molecule has 1 unspecified atom stereocenters. The molecule has 2 N–H and O–H groups in total. The summed E-state index contributed by atoms with van der Waals surface area (Å²) in [5.74, 6) is -1.45. The Labute approximate surface area is 107 Å². The summed E-state index contributed by atoms with van der Waals surface area (Å²) in [6.07, 6.45) is -0.380. The summed E-state index contributed by atoms with van der Waals surface area (Å²) in [5, 5.41) is 8.44. The molecule has 1 atom stereocenters. The molecule has 0 saturated heterocycles. The van der Waals surface area contributed by atoms with Gasteiger partial charge in [-0.3, -0.25) is 4.79 Å². The third-order valence-electron chi connectivity index (χ3n) is 2.56.